The number of fused-ring (bicyclic) bond motifs is 1. The monoisotopic (exact) mass is 428 g/mol. The van der Waals surface area contributed by atoms with Crippen LogP contribution >= 0.6 is 24.0 Å². The van der Waals surface area contributed by atoms with Crippen molar-refractivity contribution in [3.8, 4) is 0 Å². The van der Waals surface area contributed by atoms with Crippen LogP contribution in [-0.2, 0) is 4.79 Å². The van der Waals surface area contributed by atoms with E-state index in [4.69, 9.17) is 12.2 Å². The highest BCUT2D eigenvalue weighted by atomic mass is 32.2. The van der Waals surface area contributed by atoms with Gasteiger partial charge in [0, 0.05) is 19.3 Å². The fourth-order valence-electron chi connectivity index (χ4n) is 3.04. The zero-order valence-corrected chi connectivity index (χ0v) is 18.2. The molecule has 3 rings (SSSR count). The van der Waals surface area contributed by atoms with Crippen molar-refractivity contribution in [2.45, 2.75) is 33.1 Å². The number of nitrogens with zero attached hydrogens (tertiary/aromatic N) is 3. The standard InChI is InChI=1S/C21H24N4O2S2/c1-4-6-7-11-24-20(27)16(29-21(24)28)12-15-18(22-10-5-2)23-17-9-8-14(3)13-25(17)19(15)26/h5,8-9,12-13,22H,2,4,6-7,10-11H2,1,3H3. The Bertz CT molecular complexity index is 1060. The Balaban J connectivity index is 2.04. The Kier molecular flexibility index (Phi) is 6.87. The third-order valence-electron chi connectivity index (χ3n) is 4.55. The predicted octanol–water partition coefficient (Wildman–Crippen LogP) is 3.99. The van der Waals surface area contributed by atoms with Crippen molar-refractivity contribution < 1.29 is 4.79 Å². The molecule has 8 heteroatoms. The highest BCUT2D eigenvalue weighted by Gasteiger charge is 2.32. The van der Waals surface area contributed by atoms with Gasteiger partial charge in [-0.2, -0.15) is 0 Å². The molecule has 152 valence electrons. The number of aromatic nitrogens is 2. The molecule has 6 nitrogen and oxygen atoms in total. The molecule has 3 heterocycles. The van der Waals surface area contributed by atoms with E-state index in [0.29, 0.717) is 39.3 Å². The average Bonchev–Trinajstić information content (AvgIpc) is 2.97. The van der Waals surface area contributed by atoms with Gasteiger partial charge in [-0.25, -0.2) is 4.98 Å². The number of hydrogen-bond acceptors (Lipinski definition) is 6. The molecule has 0 aromatic carbocycles. The van der Waals surface area contributed by atoms with Crippen LogP contribution in [0.15, 0.2) is 40.7 Å². The predicted molar refractivity (Wildman–Crippen MR) is 124 cm³/mol. The van der Waals surface area contributed by atoms with E-state index in [1.54, 1.807) is 29.3 Å². The lowest BCUT2D eigenvalue weighted by atomic mass is 10.2. The Morgan fingerprint density at radius 2 is 2.10 bits per heavy atom. The van der Waals surface area contributed by atoms with Gasteiger partial charge in [-0.05, 0) is 31.1 Å². The first-order valence-electron chi connectivity index (χ1n) is 9.59. The molecule has 0 spiro atoms. The van der Waals surface area contributed by atoms with E-state index < -0.39 is 0 Å². The number of pyridine rings is 1. The molecule has 1 fully saturated rings. The number of unbranched alkanes of at least 4 members (excludes halogenated alkanes) is 2. The van der Waals surface area contributed by atoms with Crippen molar-refractivity contribution in [2.24, 2.45) is 0 Å². The van der Waals surface area contributed by atoms with Crippen LogP contribution in [0.5, 0.6) is 0 Å². The molecule has 0 radical (unpaired) electrons. The quantitative estimate of drug-likeness (QED) is 0.297. The normalized spacial score (nSPS) is 15.5. The maximum atomic E-state index is 13.2. The second kappa shape index (κ2) is 9.37. The van der Waals surface area contributed by atoms with Gasteiger partial charge in [0.05, 0.1) is 10.5 Å². The van der Waals surface area contributed by atoms with Crippen LogP contribution in [0.3, 0.4) is 0 Å². The SMILES string of the molecule is C=CCNc1nc2ccc(C)cn2c(=O)c1C=C1SC(=S)N(CCCCC)C1=O. The zero-order chi connectivity index (χ0) is 21.0. The zero-order valence-electron chi connectivity index (χ0n) is 16.6. The first-order chi connectivity index (χ1) is 14.0. The molecule has 29 heavy (non-hydrogen) atoms. The van der Waals surface area contributed by atoms with Crippen LogP contribution in [0.2, 0.25) is 0 Å². The molecule has 0 unspecified atom stereocenters. The van der Waals surface area contributed by atoms with Gasteiger partial charge in [0.25, 0.3) is 11.5 Å². The number of nitrogens with one attached hydrogen (secondary N) is 1. The summed E-state index contributed by atoms with van der Waals surface area (Å²) in [4.78, 5) is 32.7. The van der Waals surface area contributed by atoms with E-state index in [1.165, 1.54) is 16.2 Å². The van der Waals surface area contributed by atoms with E-state index in [0.717, 1.165) is 24.8 Å². The molecule has 1 aliphatic rings. The second-order valence-corrected chi connectivity index (χ2v) is 8.50. The number of carbonyl (C=O) groups is 1. The van der Waals surface area contributed by atoms with Crippen molar-refractivity contribution in [1.29, 1.82) is 0 Å². The lowest BCUT2D eigenvalue weighted by Gasteiger charge is -2.13. The molecular weight excluding hydrogens is 404 g/mol. The number of carbonyl (C=O) groups excluding carboxylic acids is 1. The van der Waals surface area contributed by atoms with Gasteiger partial charge in [0.1, 0.15) is 15.8 Å². The van der Waals surface area contributed by atoms with Crippen molar-refractivity contribution in [2.75, 3.05) is 18.4 Å². The third kappa shape index (κ3) is 4.59. The van der Waals surface area contributed by atoms with Gasteiger partial charge in [-0.1, -0.05) is 55.9 Å². The number of rotatable bonds is 8. The summed E-state index contributed by atoms with van der Waals surface area (Å²) in [6.45, 7) is 8.78. The maximum Gasteiger partial charge on any atom is 0.267 e. The molecule has 0 atom stereocenters. The van der Waals surface area contributed by atoms with Crippen LogP contribution in [-0.4, -0.2) is 37.6 Å². The summed E-state index contributed by atoms with van der Waals surface area (Å²) in [6.07, 6.45) is 8.06. The lowest BCUT2D eigenvalue weighted by Crippen LogP contribution is -2.29. The Morgan fingerprint density at radius 1 is 1.31 bits per heavy atom. The highest BCUT2D eigenvalue weighted by Crippen LogP contribution is 2.33. The Labute approximate surface area is 179 Å². The van der Waals surface area contributed by atoms with Gasteiger partial charge < -0.3 is 5.32 Å². The minimum Gasteiger partial charge on any atom is -0.366 e. The van der Waals surface area contributed by atoms with E-state index in [2.05, 4.69) is 23.8 Å². The molecule has 1 aliphatic heterocycles. The van der Waals surface area contributed by atoms with Crippen molar-refractivity contribution in [3.63, 3.8) is 0 Å². The van der Waals surface area contributed by atoms with Gasteiger partial charge in [0.2, 0.25) is 0 Å². The summed E-state index contributed by atoms with van der Waals surface area (Å²) >= 11 is 6.62. The van der Waals surface area contributed by atoms with Crippen molar-refractivity contribution >= 4 is 51.7 Å². The van der Waals surface area contributed by atoms with Gasteiger partial charge >= 0.3 is 0 Å². The number of thioether (sulfide) groups is 1. The molecular formula is C21H24N4O2S2. The number of amides is 1. The third-order valence-corrected chi connectivity index (χ3v) is 5.93. The topological polar surface area (TPSA) is 66.7 Å². The smallest absolute Gasteiger partial charge is 0.267 e. The van der Waals surface area contributed by atoms with Crippen LogP contribution in [0, 0.1) is 6.92 Å². The molecule has 2 aromatic heterocycles. The maximum absolute atomic E-state index is 13.2. The van der Waals surface area contributed by atoms with Gasteiger partial charge in [-0.3, -0.25) is 18.9 Å². The summed E-state index contributed by atoms with van der Waals surface area (Å²) < 4.78 is 2.03. The summed E-state index contributed by atoms with van der Waals surface area (Å²) in [5.74, 6) is 0.273. The van der Waals surface area contributed by atoms with E-state index >= 15 is 0 Å². The minimum atomic E-state index is -0.235. The molecule has 2 aromatic rings. The molecule has 0 bridgehead atoms. The Morgan fingerprint density at radius 3 is 2.83 bits per heavy atom. The van der Waals surface area contributed by atoms with Crippen molar-refractivity contribution in [3.05, 3.63) is 57.4 Å². The summed E-state index contributed by atoms with van der Waals surface area (Å²) in [5, 5.41) is 3.11. The number of aryl methyl sites for hydroxylation is 1. The van der Waals surface area contributed by atoms with Crippen LogP contribution in [0.1, 0.15) is 37.3 Å². The molecule has 0 aliphatic carbocycles. The number of thiocarbonyl (C=S) groups is 1. The average molecular weight is 429 g/mol. The van der Waals surface area contributed by atoms with Gasteiger partial charge in [0.15, 0.2) is 0 Å². The molecule has 1 saturated heterocycles. The van der Waals surface area contributed by atoms with Crippen molar-refractivity contribution in [1.82, 2.24) is 14.3 Å². The first kappa shape index (κ1) is 21.3. The second-order valence-electron chi connectivity index (χ2n) is 6.82. The summed E-state index contributed by atoms with van der Waals surface area (Å²) in [5.41, 5.74) is 1.59. The number of anilines is 1. The molecule has 1 amide bonds. The highest BCUT2D eigenvalue weighted by molar-refractivity contribution is 8.26. The van der Waals surface area contributed by atoms with Gasteiger partial charge in [-0.15, -0.1) is 6.58 Å². The van der Waals surface area contributed by atoms with E-state index in [-0.39, 0.29) is 11.5 Å². The Hall–Kier alpha value is -2.45. The largest absolute Gasteiger partial charge is 0.366 e. The van der Waals surface area contributed by atoms with Crippen LogP contribution < -0.4 is 10.9 Å². The molecule has 1 N–H and O–H groups in total. The summed E-state index contributed by atoms with van der Waals surface area (Å²) in [7, 11) is 0. The minimum absolute atomic E-state index is 0.153. The molecule has 0 saturated carbocycles. The van der Waals surface area contributed by atoms with E-state index in [1.807, 2.05) is 13.0 Å². The lowest BCUT2D eigenvalue weighted by molar-refractivity contribution is -0.122. The van der Waals surface area contributed by atoms with Crippen LogP contribution in [0.25, 0.3) is 11.7 Å². The summed E-state index contributed by atoms with van der Waals surface area (Å²) in [6, 6.07) is 3.70. The van der Waals surface area contributed by atoms with Crippen LogP contribution in [0.4, 0.5) is 5.82 Å². The fraction of sp³-hybridized carbons (Fsp3) is 0.333. The fourth-order valence-corrected chi connectivity index (χ4v) is 4.33. The van der Waals surface area contributed by atoms with E-state index in [9.17, 15) is 9.59 Å². The first-order valence-corrected chi connectivity index (χ1v) is 10.8. The number of hydrogen-bond donors (Lipinski definition) is 1.